The Bertz CT molecular complexity index is 685. The second-order valence-corrected chi connectivity index (χ2v) is 7.39. The van der Waals surface area contributed by atoms with E-state index in [1.165, 1.54) is 0 Å². The summed E-state index contributed by atoms with van der Waals surface area (Å²) >= 11 is 0. The zero-order chi connectivity index (χ0) is 19.4. The molecule has 1 heterocycles. The monoisotopic (exact) mass is 376 g/mol. The number of hydrogen-bond donors (Lipinski definition) is 3. The molecule has 2 aliphatic rings. The van der Waals surface area contributed by atoms with Crippen LogP contribution < -0.4 is 4.74 Å². The second kappa shape index (κ2) is 8.87. The van der Waals surface area contributed by atoms with E-state index in [9.17, 15) is 20.1 Å². The predicted molar refractivity (Wildman–Crippen MR) is 100.0 cm³/mol. The van der Waals surface area contributed by atoms with Crippen LogP contribution in [0.5, 0.6) is 5.75 Å². The molecule has 3 N–H and O–H groups in total. The quantitative estimate of drug-likeness (QED) is 0.500. The van der Waals surface area contributed by atoms with Gasteiger partial charge >= 0.3 is 5.97 Å². The minimum atomic E-state index is -0.978. The number of aliphatic hydroxyl groups excluding tert-OH is 2. The van der Waals surface area contributed by atoms with Crippen LogP contribution >= 0.6 is 0 Å². The van der Waals surface area contributed by atoms with Gasteiger partial charge in [-0.05, 0) is 37.0 Å². The number of benzene rings is 1. The van der Waals surface area contributed by atoms with Gasteiger partial charge in [-0.3, -0.25) is 0 Å². The molecule has 1 fully saturated rings. The molecule has 0 saturated heterocycles. The molecule has 6 nitrogen and oxygen atoms in total. The van der Waals surface area contributed by atoms with Gasteiger partial charge in [0.15, 0.2) is 0 Å². The largest absolute Gasteiger partial charge is 0.490 e. The Kier molecular flexibility index (Phi) is 6.52. The summed E-state index contributed by atoms with van der Waals surface area (Å²) < 4.78 is 11.5. The normalized spacial score (nSPS) is 28.3. The van der Waals surface area contributed by atoms with Crippen LogP contribution in [0.15, 0.2) is 30.4 Å². The maximum atomic E-state index is 11.2. The summed E-state index contributed by atoms with van der Waals surface area (Å²) in [7, 11) is 0. The van der Waals surface area contributed by atoms with Crippen LogP contribution in [0.25, 0.3) is 0 Å². The average Bonchev–Trinajstić information content (AvgIpc) is 2.81. The van der Waals surface area contributed by atoms with Crippen molar-refractivity contribution < 1.29 is 29.6 Å². The molecule has 5 atom stereocenters. The fraction of sp³-hybridized carbons (Fsp3) is 0.571. The first kappa shape index (κ1) is 19.9. The molecule has 1 aromatic carbocycles. The van der Waals surface area contributed by atoms with Gasteiger partial charge in [0.25, 0.3) is 0 Å². The molecule has 1 aliphatic heterocycles. The van der Waals surface area contributed by atoms with E-state index in [2.05, 4.69) is 0 Å². The number of aliphatic hydroxyl groups is 2. The molecule has 3 rings (SSSR count). The molecule has 1 aliphatic carbocycles. The van der Waals surface area contributed by atoms with Gasteiger partial charge in [-0.1, -0.05) is 25.1 Å². The summed E-state index contributed by atoms with van der Waals surface area (Å²) in [5, 5.41) is 29.7. The van der Waals surface area contributed by atoms with Crippen LogP contribution in [0, 0.1) is 11.8 Å². The number of aromatic carboxylic acids is 1. The van der Waals surface area contributed by atoms with Gasteiger partial charge in [0, 0.05) is 24.9 Å². The van der Waals surface area contributed by atoms with E-state index in [1.54, 1.807) is 18.2 Å². The molecule has 1 saturated carbocycles. The number of fused-ring (bicyclic) bond motifs is 2. The molecular formula is C21H28O6. The average molecular weight is 376 g/mol. The van der Waals surface area contributed by atoms with Crippen LogP contribution in [0.2, 0.25) is 0 Å². The van der Waals surface area contributed by atoms with E-state index in [-0.39, 0.29) is 30.1 Å². The fourth-order valence-corrected chi connectivity index (χ4v) is 4.04. The molecule has 6 heteroatoms. The molecule has 0 amide bonds. The molecule has 0 radical (unpaired) electrons. The number of aryl methyl sites for hydroxylation is 1. The first-order valence-electron chi connectivity index (χ1n) is 9.64. The Hall–Kier alpha value is -1.89. The molecule has 0 unspecified atom stereocenters. The highest BCUT2D eigenvalue weighted by molar-refractivity contribution is 5.88. The highest BCUT2D eigenvalue weighted by Crippen LogP contribution is 2.42. The summed E-state index contributed by atoms with van der Waals surface area (Å²) in [5.74, 6) is -0.342. The number of carboxylic acids is 1. The Morgan fingerprint density at radius 1 is 1.44 bits per heavy atom. The van der Waals surface area contributed by atoms with Crippen molar-refractivity contribution in [2.75, 3.05) is 13.2 Å². The molecule has 1 aromatic rings. The Morgan fingerprint density at radius 2 is 2.26 bits per heavy atom. The molecular weight excluding hydrogens is 348 g/mol. The van der Waals surface area contributed by atoms with E-state index in [1.807, 2.05) is 19.1 Å². The maximum Gasteiger partial charge on any atom is 0.335 e. The summed E-state index contributed by atoms with van der Waals surface area (Å²) in [5.41, 5.74) is 1.21. The third-order valence-corrected chi connectivity index (χ3v) is 5.42. The maximum absolute atomic E-state index is 11.2. The highest BCUT2D eigenvalue weighted by atomic mass is 16.5. The summed E-state index contributed by atoms with van der Waals surface area (Å²) in [6, 6.07) is 4.99. The number of carboxylic acid groups (broad SMARTS) is 1. The number of carbonyl (C=O) groups is 1. The lowest BCUT2D eigenvalue weighted by Gasteiger charge is -2.21. The van der Waals surface area contributed by atoms with Gasteiger partial charge in [-0.25, -0.2) is 4.79 Å². The number of hydrogen-bond acceptors (Lipinski definition) is 5. The van der Waals surface area contributed by atoms with Crippen molar-refractivity contribution in [3.05, 3.63) is 41.5 Å². The minimum absolute atomic E-state index is 0.0934. The van der Waals surface area contributed by atoms with E-state index >= 15 is 0 Å². The molecule has 148 valence electrons. The van der Waals surface area contributed by atoms with E-state index in [0.29, 0.717) is 18.8 Å². The van der Waals surface area contributed by atoms with Crippen molar-refractivity contribution in [2.45, 2.75) is 50.9 Å². The van der Waals surface area contributed by atoms with Crippen LogP contribution in [0.4, 0.5) is 0 Å². The van der Waals surface area contributed by atoms with Crippen molar-refractivity contribution in [3.63, 3.8) is 0 Å². The van der Waals surface area contributed by atoms with Crippen LogP contribution in [-0.2, 0) is 11.2 Å². The molecule has 0 spiro atoms. The zero-order valence-corrected chi connectivity index (χ0v) is 15.6. The third kappa shape index (κ3) is 4.69. The highest BCUT2D eigenvalue weighted by Gasteiger charge is 2.43. The van der Waals surface area contributed by atoms with Gasteiger partial charge in [-0.15, -0.1) is 0 Å². The SMILES string of the molecule is CCCOC[C@H](O)/C=C/[C@@H]1[C@H]2CCc3ccc(C(=O)O)cc3O[C@H]2C[C@H]1O. The van der Waals surface area contributed by atoms with E-state index in [0.717, 1.165) is 24.8 Å². The van der Waals surface area contributed by atoms with Gasteiger partial charge in [-0.2, -0.15) is 0 Å². The lowest BCUT2D eigenvalue weighted by Crippen LogP contribution is -2.24. The molecule has 27 heavy (non-hydrogen) atoms. The number of ether oxygens (including phenoxy) is 2. The van der Waals surface area contributed by atoms with Crippen LogP contribution in [0.3, 0.4) is 0 Å². The lowest BCUT2D eigenvalue weighted by atomic mass is 9.88. The third-order valence-electron chi connectivity index (χ3n) is 5.42. The van der Waals surface area contributed by atoms with Gasteiger partial charge in [0.1, 0.15) is 11.9 Å². The van der Waals surface area contributed by atoms with E-state index < -0.39 is 18.2 Å². The Balaban J connectivity index is 1.69. The summed E-state index contributed by atoms with van der Waals surface area (Å²) in [6.07, 6.45) is 5.22. The Morgan fingerprint density at radius 3 is 3.00 bits per heavy atom. The van der Waals surface area contributed by atoms with Crippen molar-refractivity contribution in [1.82, 2.24) is 0 Å². The summed E-state index contributed by atoms with van der Waals surface area (Å²) in [4.78, 5) is 11.2. The fourth-order valence-electron chi connectivity index (χ4n) is 4.04. The van der Waals surface area contributed by atoms with Gasteiger partial charge in [0.05, 0.1) is 24.4 Å². The topological polar surface area (TPSA) is 96.2 Å². The van der Waals surface area contributed by atoms with Crippen molar-refractivity contribution in [2.24, 2.45) is 11.8 Å². The predicted octanol–water partition coefficient (Wildman–Crippen LogP) is 2.42. The van der Waals surface area contributed by atoms with Crippen molar-refractivity contribution in [3.8, 4) is 5.75 Å². The lowest BCUT2D eigenvalue weighted by molar-refractivity contribution is 0.0592. The van der Waals surface area contributed by atoms with Gasteiger partial charge < -0.3 is 24.8 Å². The zero-order valence-electron chi connectivity index (χ0n) is 15.6. The van der Waals surface area contributed by atoms with E-state index in [4.69, 9.17) is 9.47 Å². The van der Waals surface area contributed by atoms with Crippen LogP contribution in [-0.4, -0.2) is 52.8 Å². The first-order chi connectivity index (χ1) is 13.0. The Labute approximate surface area is 159 Å². The second-order valence-electron chi connectivity index (χ2n) is 7.39. The molecule has 0 bridgehead atoms. The van der Waals surface area contributed by atoms with Crippen molar-refractivity contribution in [1.29, 1.82) is 0 Å². The smallest absolute Gasteiger partial charge is 0.335 e. The number of rotatable bonds is 7. The minimum Gasteiger partial charge on any atom is -0.490 e. The summed E-state index contributed by atoms with van der Waals surface area (Å²) in [6.45, 7) is 2.88. The first-order valence-corrected chi connectivity index (χ1v) is 9.64. The molecule has 0 aromatic heterocycles. The standard InChI is InChI=1S/C21H28O6/c1-2-9-26-12-15(22)6-8-16-17-7-5-13-3-4-14(21(24)25)10-19(13)27-20(17)11-18(16)23/h3-4,6,8,10,15-18,20,22-23H,2,5,7,9,11-12H2,1H3,(H,24,25)/b8-6+/t15-,16-,17-,18-,20+/m1/s1. The van der Waals surface area contributed by atoms with Crippen LogP contribution in [0.1, 0.15) is 42.1 Å². The van der Waals surface area contributed by atoms with Gasteiger partial charge in [0.2, 0.25) is 0 Å². The van der Waals surface area contributed by atoms with Crippen molar-refractivity contribution >= 4 is 5.97 Å².